The van der Waals surface area contributed by atoms with Crippen molar-refractivity contribution in [2.75, 3.05) is 38.0 Å². The molecule has 2 fully saturated rings. The lowest BCUT2D eigenvalue weighted by atomic mass is 9.92. The minimum Gasteiger partial charge on any atom is -0.490 e. The first-order valence-corrected chi connectivity index (χ1v) is 13.2. The first kappa shape index (κ1) is 26.7. The van der Waals surface area contributed by atoms with E-state index in [1.807, 2.05) is 17.0 Å². The highest BCUT2D eigenvalue weighted by Crippen LogP contribution is 2.31. The molecule has 0 aromatic heterocycles. The molecule has 1 amide bonds. The second-order valence-electron chi connectivity index (χ2n) is 9.72. The fourth-order valence-electron chi connectivity index (χ4n) is 5.21. The lowest BCUT2D eigenvalue weighted by Crippen LogP contribution is -2.45. The van der Waals surface area contributed by atoms with Gasteiger partial charge in [-0.15, -0.1) is 0 Å². The Balaban J connectivity index is 1.25. The lowest BCUT2D eigenvalue weighted by Gasteiger charge is -2.39. The summed E-state index contributed by atoms with van der Waals surface area (Å²) in [5, 5.41) is 13.7. The zero-order valence-corrected chi connectivity index (χ0v) is 22.0. The fraction of sp³-hybridized carbons (Fsp3) is 0.481. The van der Waals surface area contributed by atoms with Gasteiger partial charge in [-0.25, -0.2) is 0 Å². The smallest absolute Gasteiger partial charge is 0.325 e. The fourth-order valence-corrected chi connectivity index (χ4v) is 5.50. The molecule has 0 radical (unpaired) electrons. The monoisotopic (exact) mass is 533 g/mol. The Morgan fingerprint density at radius 1 is 1.03 bits per heavy atom. The largest absolute Gasteiger partial charge is 0.490 e. The first-order valence-electron chi connectivity index (χ1n) is 12.5. The third kappa shape index (κ3) is 7.13. The van der Waals surface area contributed by atoms with E-state index < -0.39 is 12.0 Å². The van der Waals surface area contributed by atoms with Crippen molar-refractivity contribution in [3.63, 3.8) is 0 Å². The number of rotatable bonds is 8. The van der Waals surface area contributed by atoms with E-state index in [1.54, 1.807) is 30.3 Å². The van der Waals surface area contributed by atoms with Crippen LogP contribution in [0.1, 0.15) is 44.2 Å². The highest BCUT2D eigenvalue weighted by molar-refractivity contribution is 6.42. The molecule has 2 heterocycles. The van der Waals surface area contributed by atoms with Crippen LogP contribution in [0, 0.1) is 5.92 Å². The van der Waals surface area contributed by atoms with E-state index in [9.17, 15) is 14.7 Å². The maximum atomic E-state index is 12.2. The summed E-state index contributed by atoms with van der Waals surface area (Å²) in [6, 6.07) is 11.8. The maximum Gasteiger partial charge on any atom is 0.325 e. The molecule has 2 aromatic rings. The number of carboxylic acid groups (broad SMARTS) is 1. The van der Waals surface area contributed by atoms with Crippen LogP contribution in [0.4, 0.5) is 5.69 Å². The molecule has 1 unspecified atom stereocenters. The van der Waals surface area contributed by atoms with Gasteiger partial charge in [-0.3, -0.25) is 14.5 Å². The zero-order valence-electron chi connectivity index (χ0n) is 20.5. The van der Waals surface area contributed by atoms with Crippen molar-refractivity contribution >= 4 is 40.8 Å². The normalized spacial score (nSPS) is 19.1. The summed E-state index contributed by atoms with van der Waals surface area (Å²) in [6.45, 7) is 5.92. The third-order valence-corrected chi connectivity index (χ3v) is 7.75. The number of carboxylic acids is 1. The van der Waals surface area contributed by atoms with Gasteiger partial charge in [0.05, 0.1) is 10.0 Å². The van der Waals surface area contributed by atoms with Gasteiger partial charge in [0.2, 0.25) is 5.91 Å². The van der Waals surface area contributed by atoms with E-state index in [4.69, 9.17) is 27.9 Å². The number of likely N-dealkylation sites (tertiary alicyclic amines) is 2. The highest BCUT2D eigenvalue weighted by atomic mass is 35.5. The number of hydrogen-bond acceptors (Lipinski definition) is 5. The van der Waals surface area contributed by atoms with Crippen LogP contribution in [-0.2, 0) is 9.59 Å². The number of ether oxygens (including phenoxy) is 1. The second-order valence-corrected chi connectivity index (χ2v) is 10.5. The summed E-state index contributed by atoms with van der Waals surface area (Å²) < 4.78 is 6.11. The van der Waals surface area contributed by atoms with Crippen LogP contribution in [0.25, 0.3) is 0 Å². The minimum atomic E-state index is -0.863. The molecule has 0 saturated carbocycles. The molecule has 2 aromatic carbocycles. The van der Waals surface area contributed by atoms with Gasteiger partial charge in [0.1, 0.15) is 17.9 Å². The molecule has 0 spiro atoms. The van der Waals surface area contributed by atoms with Crippen LogP contribution in [-0.4, -0.2) is 65.6 Å². The van der Waals surface area contributed by atoms with E-state index in [0.29, 0.717) is 27.2 Å². The Morgan fingerprint density at radius 2 is 1.75 bits per heavy atom. The number of nitrogens with one attached hydrogen (secondary N) is 1. The van der Waals surface area contributed by atoms with Crippen molar-refractivity contribution in [2.24, 2.45) is 5.92 Å². The van der Waals surface area contributed by atoms with Crippen LogP contribution in [0.15, 0.2) is 42.5 Å². The number of halogens is 2. The predicted molar refractivity (Wildman–Crippen MR) is 142 cm³/mol. The highest BCUT2D eigenvalue weighted by Gasteiger charge is 2.32. The number of amides is 1. The molecule has 2 N–H and O–H groups in total. The molecule has 2 aliphatic heterocycles. The first-order chi connectivity index (χ1) is 17.3. The number of benzene rings is 2. The summed E-state index contributed by atoms with van der Waals surface area (Å²) in [5.41, 5.74) is 1.31. The third-order valence-electron chi connectivity index (χ3n) is 7.02. The van der Waals surface area contributed by atoms with Crippen LogP contribution >= 0.6 is 23.2 Å². The van der Waals surface area contributed by atoms with Crippen LogP contribution < -0.4 is 10.1 Å². The standard InChI is InChI=1S/C27H33Cl2N3O4/c1-18(33)30-21-4-2-3-20(15-21)26(27(34)35)32-13-7-19(8-14-32)17-31-11-9-22(10-12-31)36-23-5-6-24(28)25(29)16-23/h2-6,15-16,19,22,26H,7-14,17H2,1H3,(H,30,33)(H,34,35). The van der Waals surface area contributed by atoms with Crippen molar-refractivity contribution in [2.45, 2.75) is 44.8 Å². The molecular weight excluding hydrogens is 501 g/mol. The molecule has 0 bridgehead atoms. The number of hydrogen-bond donors (Lipinski definition) is 2. The Bertz CT molecular complexity index is 1070. The molecule has 0 aliphatic carbocycles. The van der Waals surface area contributed by atoms with Gasteiger partial charge in [-0.05, 0) is 74.5 Å². The molecule has 194 valence electrons. The van der Waals surface area contributed by atoms with Gasteiger partial charge >= 0.3 is 5.97 Å². The van der Waals surface area contributed by atoms with E-state index >= 15 is 0 Å². The summed E-state index contributed by atoms with van der Waals surface area (Å²) in [4.78, 5) is 28.1. The Morgan fingerprint density at radius 3 is 2.39 bits per heavy atom. The Hall–Kier alpha value is -2.32. The molecule has 7 nitrogen and oxygen atoms in total. The van der Waals surface area contributed by atoms with Crippen LogP contribution in [0.5, 0.6) is 5.75 Å². The van der Waals surface area contributed by atoms with Crippen LogP contribution in [0.3, 0.4) is 0 Å². The summed E-state index contributed by atoms with van der Waals surface area (Å²) in [7, 11) is 0. The van der Waals surface area contributed by atoms with Gasteiger partial charge in [0, 0.05) is 38.3 Å². The van der Waals surface area contributed by atoms with Crippen molar-refractivity contribution in [3.8, 4) is 5.75 Å². The summed E-state index contributed by atoms with van der Waals surface area (Å²) >= 11 is 12.1. The van der Waals surface area contributed by atoms with Gasteiger partial charge in [0.15, 0.2) is 0 Å². The number of anilines is 1. The number of carbonyl (C=O) groups excluding carboxylic acids is 1. The molecule has 4 rings (SSSR count). The van der Waals surface area contributed by atoms with Crippen molar-refractivity contribution in [3.05, 3.63) is 58.1 Å². The Kier molecular flexibility index (Phi) is 9.12. The zero-order chi connectivity index (χ0) is 25.7. The van der Waals surface area contributed by atoms with E-state index in [0.717, 1.165) is 64.2 Å². The molecule has 36 heavy (non-hydrogen) atoms. The Labute approximate surface area is 222 Å². The topological polar surface area (TPSA) is 82.1 Å². The average molecular weight is 534 g/mol. The quantitative estimate of drug-likeness (QED) is 0.477. The molecule has 2 aliphatic rings. The van der Waals surface area contributed by atoms with Gasteiger partial charge in [0.25, 0.3) is 0 Å². The molecule has 2 saturated heterocycles. The SMILES string of the molecule is CC(=O)Nc1cccc(C(C(=O)O)N2CCC(CN3CCC(Oc4ccc(Cl)c(Cl)c4)CC3)CC2)c1. The van der Waals surface area contributed by atoms with Crippen molar-refractivity contribution in [1.82, 2.24) is 9.80 Å². The molecule has 1 atom stereocenters. The number of aliphatic carboxylic acids is 1. The number of carbonyl (C=O) groups is 2. The van der Waals surface area contributed by atoms with E-state index in [-0.39, 0.29) is 12.0 Å². The lowest BCUT2D eigenvalue weighted by molar-refractivity contribution is -0.144. The van der Waals surface area contributed by atoms with Gasteiger partial charge in [-0.2, -0.15) is 0 Å². The van der Waals surface area contributed by atoms with Gasteiger partial charge < -0.3 is 20.1 Å². The number of nitrogens with zero attached hydrogens (tertiary/aromatic N) is 2. The van der Waals surface area contributed by atoms with Crippen molar-refractivity contribution in [1.29, 1.82) is 0 Å². The summed E-state index contributed by atoms with van der Waals surface area (Å²) in [6.07, 6.45) is 4.03. The minimum absolute atomic E-state index is 0.171. The predicted octanol–water partition coefficient (Wildman–Crippen LogP) is 5.33. The van der Waals surface area contributed by atoms with E-state index in [1.165, 1.54) is 6.92 Å². The van der Waals surface area contributed by atoms with Gasteiger partial charge in [-0.1, -0.05) is 35.3 Å². The average Bonchev–Trinajstić information content (AvgIpc) is 2.84. The molecular formula is C27H33Cl2N3O4. The number of piperidine rings is 2. The summed E-state index contributed by atoms with van der Waals surface area (Å²) in [5.74, 6) is 0.266. The van der Waals surface area contributed by atoms with E-state index in [2.05, 4.69) is 10.2 Å². The van der Waals surface area contributed by atoms with Crippen molar-refractivity contribution < 1.29 is 19.4 Å². The second kappa shape index (κ2) is 12.3. The maximum absolute atomic E-state index is 12.2. The molecule has 9 heteroatoms. The van der Waals surface area contributed by atoms with Crippen LogP contribution in [0.2, 0.25) is 10.0 Å².